The van der Waals surface area contributed by atoms with Gasteiger partial charge in [-0.05, 0) is 19.2 Å². The average molecular weight is 329 g/mol. The third-order valence-corrected chi connectivity index (χ3v) is 3.16. The Balaban J connectivity index is 5.07. The summed E-state index contributed by atoms with van der Waals surface area (Å²) in [5, 5.41) is 6.33. The Morgan fingerprint density at radius 3 is 2.05 bits per heavy atom. The monoisotopic (exact) mass is 329 g/mol. The van der Waals surface area contributed by atoms with Gasteiger partial charge in [0, 0.05) is 18.7 Å². The number of nitrogens with one attached hydrogen (secondary N) is 3. The van der Waals surface area contributed by atoms with E-state index in [4.69, 9.17) is 0 Å². The molecular weight excluding hydrogens is 308 g/mol. The van der Waals surface area contributed by atoms with Crippen molar-refractivity contribution in [3.63, 3.8) is 0 Å². The Kier molecular flexibility index (Phi) is 8.45. The molecule has 0 saturated heterocycles. The maximum atomic E-state index is 14.5. The third-order valence-electron chi connectivity index (χ3n) is 2.50. The quantitative estimate of drug-likeness (QED) is 0.315. The normalized spacial score (nSPS) is 16.9. The Morgan fingerprint density at radius 2 is 1.65 bits per heavy atom. The van der Waals surface area contributed by atoms with Crippen LogP contribution < -0.4 is 16.0 Å². The van der Waals surface area contributed by atoms with Crippen molar-refractivity contribution in [1.29, 1.82) is 0 Å². The first-order valence-corrected chi connectivity index (χ1v) is 7.51. The van der Waals surface area contributed by atoms with Gasteiger partial charge in [-0.15, -0.1) is 0 Å². The molecule has 9 heteroatoms. The molecule has 0 aliphatic carbocycles. The van der Waals surface area contributed by atoms with E-state index in [2.05, 4.69) is 35.9 Å². The van der Waals surface area contributed by atoms with E-state index in [1.807, 2.05) is 0 Å². The molecule has 0 rings (SSSR count). The molecule has 0 fully saturated rings. The van der Waals surface area contributed by atoms with Crippen LogP contribution in [0.5, 0.6) is 0 Å². The fourth-order valence-electron chi connectivity index (χ4n) is 1.45. The molecule has 0 radical (unpaired) electrons. The van der Waals surface area contributed by atoms with Crippen molar-refractivity contribution in [2.75, 3.05) is 24.6 Å². The first-order valence-electron chi connectivity index (χ1n) is 6.25. The molecule has 0 heterocycles. The number of hydrogen-bond donors (Lipinski definition) is 5. The molecule has 0 aromatic heterocycles. The fraction of sp³-hybridized carbons (Fsp3) is 0.818. The molecule has 2 amide bonds. The smallest absolute Gasteiger partial charge is 0.278 e. The molecule has 0 aromatic rings. The lowest BCUT2D eigenvalue weighted by Crippen LogP contribution is -2.63. The second-order valence-corrected chi connectivity index (χ2v) is 4.84. The van der Waals surface area contributed by atoms with E-state index >= 15 is 0 Å². The van der Waals surface area contributed by atoms with Gasteiger partial charge < -0.3 is 10.6 Å². The zero-order valence-corrected chi connectivity index (χ0v) is 13.3. The van der Waals surface area contributed by atoms with Crippen molar-refractivity contribution in [3.8, 4) is 0 Å². The van der Waals surface area contributed by atoms with Gasteiger partial charge in [0.1, 0.15) is 0 Å². The Hall–Kier alpha value is -0.540. The zero-order valence-electron chi connectivity index (χ0n) is 11.5. The molecule has 5 nitrogen and oxygen atoms in total. The number of likely N-dealkylation sites (N-methyl/N-ethyl adjacent to an activating group) is 2. The second kappa shape index (κ2) is 8.68. The fourth-order valence-corrected chi connectivity index (χ4v) is 2.02. The van der Waals surface area contributed by atoms with Gasteiger partial charge in [-0.2, -0.15) is 25.3 Å². The van der Waals surface area contributed by atoms with Gasteiger partial charge in [0.2, 0.25) is 5.79 Å². The molecule has 0 aromatic carbocycles. The number of halogens is 2. The number of rotatable bonds is 9. The van der Waals surface area contributed by atoms with E-state index < -0.39 is 29.2 Å². The van der Waals surface area contributed by atoms with E-state index in [-0.39, 0.29) is 25.3 Å². The van der Waals surface area contributed by atoms with Crippen LogP contribution in [0.2, 0.25) is 0 Å². The number of amides is 2. The summed E-state index contributed by atoms with van der Waals surface area (Å²) >= 11 is 7.57. The van der Waals surface area contributed by atoms with Crippen LogP contribution in [0.3, 0.4) is 0 Å². The first kappa shape index (κ1) is 19.5. The van der Waals surface area contributed by atoms with Gasteiger partial charge in [-0.1, -0.05) is 6.92 Å². The minimum atomic E-state index is -2.70. The van der Waals surface area contributed by atoms with E-state index in [1.165, 1.54) is 0 Å². The van der Waals surface area contributed by atoms with E-state index in [9.17, 15) is 18.4 Å². The molecule has 118 valence electrons. The number of carbonyl (C=O) groups is 2. The van der Waals surface area contributed by atoms with Crippen LogP contribution >= 0.6 is 25.3 Å². The summed E-state index contributed by atoms with van der Waals surface area (Å²) in [6.07, 6.45) is -0.373. The summed E-state index contributed by atoms with van der Waals surface area (Å²) < 4.78 is 28.7. The largest absolute Gasteiger partial charge is 0.352 e. The van der Waals surface area contributed by atoms with E-state index in [1.54, 1.807) is 19.2 Å². The standard InChI is InChI=1S/C11H21F2N3O2S2/c1-3-14-8(17)10(12,5-6-19)16-9(18)11(13,7-20)15-4-2/h15,19-20H,3-7H2,1-2H3,(H,14,17)(H,16,18)/t10-,11+/m1/s1. The van der Waals surface area contributed by atoms with E-state index in [0.29, 0.717) is 0 Å². The van der Waals surface area contributed by atoms with Crippen molar-refractivity contribution < 1.29 is 18.4 Å². The maximum absolute atomic E-state index is 14.5. The molecule has 3 N–H and O–H groups in total. The molecule has 0 aliphatic heterocycles. The average Bonchev–Trinajstić information content (AvgIpc) is 2.39. The summed E-state index contributed by atoms with van der Waals surface area (Å²) in [4.78, 5) is 23.5. The first-order chi connectivity index (χ1) is 9.29. The van der Waals surface area contributed by atoms with Crippen LogP contribution in [0, 0.1) is 0 Å². The van der Waals surface area contributed by atoms with Crippen LogP contribution in [0.4, 0.5) is 8.78 Å². The highest BCUT2D eigenvalue weighted by Crippen LogP contribution is 2.18. The van der Waals surface area contributed by atoms with Gasteiger partial charge in [0.15, 0.2) is 0 Å². The lowest BCUT2D eigenvalue weighted by molar-refractivity contribution is -0.147. The number of hydrogen-bond acceptors (Lipinski definition) is 5. The Bertz CT molecular complexity index is 350. The Morgan fingerprint density at radius 1 is 1.05 bits per heavy atom. The van der Waals surface area contributed by atoms with Crippen molar-refractivity contribution >= 4 is 37.1 Å². The summed E-state index contributed by atoms with van der Waals surface area (Å²) in [6, 6.07) is 0. The lowest BCUT2D eigenvalue weighted by Gasteiger charge is -2.29. The minimum absolute atomic E-state index is 0.00921. The summed E-state index contributed by atoms with van der Waals surface area (Å²) in [5.74, 6) is -8.03. The van der Waals surface area contributed by atoms with Gasteiger partial charge in [-0.3, -0.25) is 14.9 Å². The van der Waals surface area contributed by atoms with Crippen molar-refractivity contribution in [2.45, 2.75) is 31.9 Å². The van der Waals surface area contributed by atoms with Crippen LogP contribution in [0.1, 0.15) is 20.3 Å². The molecule has 0 aliphatic rings. The van der Waals surface area contributed by atoms with Crippen LogP contribution in [-0.2, 0) is 9.59 Å². The SMILES string of the molecule is CCNC(=O)[C@@](F)(CCS)NC(=O)[C@](F)(CS)NCC. The number of carbonyl (C=O) groups excluding carboxylic acids is 2. The molecule has 0 unspecified atom stereocenters. The minimum Gasteiger partial charge on any atom is -0.352 e. The van der Waals surface area contributed by atoms with Gasteiger partial charge in [0.25, 0.3) is 17.6 Å². The zero-order chi connectivity index (χ0) is 15.8. The number of thiol groups is 2. The third kappa shape index (κ3) is 5.10. The Labute approximate surface area is 128 Å². The molecule has 20 heavy (non-hydrogen) atoms. The number of alkyl halides is 2. The van der Waals surface area contributed by atoms with Gasteiger partial charge in [0.05, 0.1) is 0 Å². The summed E-state index contributed by atoms with van der Waals surface area (Å²) in [6.45, 7) is 3.53. The molecule has 0 bridgehead atoms. The molecule has 0 saturated carbocycles. The van der Waals surface area contributed by atoms with Crippen molar-refractivity contribution in [1.82, 2.24) is 16.0 Å². The maximum Gasteiger partial charge on any atom is 0.278 e. The van der Waals surface area contributed by atoms with Crippen LogP contribution in [0.15, 0.2) is 0 Å². The highest BCUT2D eigenvalue weighted by Gasteiger charge is 2.45. The summed E-state index contributed by atoms with van der Waals surface area (Å²) in [5.41, 5.74) is 0. The van der Waals surface area contributed by atoms with Crippen LogP contribution in [-0.4, -0.2) is 48.0 Å². The van der Waals surface area contributed by atoms with Crippen molar-refractivity contribution in [2.24, 2.45) is 0 Å². The predicted molar refractivity (Wildman–Crippen MR) is 80.5 cm³/mol. The van der Waals surface area contributed by atoms with Crippen LogP contribution in [0.25, 0.3) is 0 Å². The highest BCUT2D eigenvalue weighted by molar-refractivity contribution is 7.80. The van der Waals surface area contributed by atoms with Gasteiger partial charge in [-0.25, -0.2) is 8.78 Å². The molecule has 0 spiro atoms. The van der Waals surface area contributed by atoms with E-state index in [0.717, 1.165) is 0 Å². The molecule has 2 atom stereocenters. The highest BCUT2D eigenvalue weighted by atomic mass is 32.1. The predicted octanol–water partition coefficient (Wildman–Crippen LogP) is 0.429. The second-order valence-electron chi connectivity index (χ2n) is 4.08. The van der Waals surface area contributed by atoms with Gasteiger partial charge >= 0.3 is 0 Å². The molecular formula is C11H21F2N3O2S2. The van der Waals surface area contributed by atoms with Crippen molar-refractivity contribution in [3.05, 3.63) is 0 Å². The summed E-state index contributed by atoms with van der Waals surface area (Å²) in [7, 11) is 0. The topological polar surface area (TPSA) is 70.2 Å². The lowest BCUT2D eigenvalue weighted by atomic mass is 10.1.